The first-order valence-corrected chi connectivity index (χ1v) is 10.7. The third-order valence-electron chi connectivity index (χ3n) is 5.28. The van der Waals surface area contributed by atoms with E-state index in [1.165, 1.54) is 0 Å². The predicted molar refractivity (Wildman–Crippen MR) is 122 cm³/mol. The van der Waals surface area contributed by atoms with Crippen molar-refractivity contribution in [1.82, 2.24) is 0 Å². The van der Waals surface area contributed by atoms with Gasteiger partial charge in [-0.1, -0.05) is 52.0 Å². The Labute approximate surface area is 185 Å². The normalized spacial score (nSPS) is 11.8. The van der Waals surface area contributed by atoms with Gasteiger partial charge in [0.05, 0.1) is 37.6 Å². The average Bonchev–Trinajstić information content (AvgIpc) is 2.74. The van der Waals surface area contributed by atoms with Crippen LogP contribution in [0.5, 0.6) is 0 Å². The molecule has 0 radical (unpaired) electrons. The molecule has 0 saturated heterocycles. The van der Waals surface area contributed by atoms with Gasteiger partial charge in [0.1, 0.15) is 0 Å². The largest absolute Gasteiger partial charge is 0.462 e. The summed E-state index contributed by atoms with van der Waals surface area (Å²) in [7, 11) is 0. The number of carbonyl (C=O) groups excluding carboxylic acids is 2. The zero-order valence-corrected chi connectivity index (χ0v) is 19.5. The van der Waals surface area contributed by atoms with Crippen LogP contribution in [0.1, 0.15) is 73.4 Å². The lowest BCUT2D eigenvalue weighted by atomic mass is 9.84. The van der Waals surface area contributed by atoms with E-state index < -0.39 is 0 Å². The second-order valence-corrected chi connectivity index (χ2v) is 8.86. The maximum Gasteiger partial charge on any atom is 0.338 e. The van der Waals surface area contributed by atoms with Crippen LogP contribution in [0.25, 0.3) is 0 Å². The quantitative estimate of drug-likeness (QED) is 0.482. The van der Waals surface area contributed by atoms with Crippen molar-refractivity contribution in [3.8, 4) is 0 Å². The van der Waals surface area contributed by atoms with Crippen LogP contribution in [0, 0.1) is 0 Å². The molecule has 0 fully saturated rings. The molecule has 0 spiro atoms. The molecule has 0 aliphatic heterocycles. The third-order valence-corrected chi connectivity index (χ3v) is 5.28. The topological polar surface area (TPSA) is 61.8 Å². The fourth-order valence-corrected chi connectivity index (χ4v) is 3.27. The maximum absolute atomic E-state index is 11.8. The Kier molecular flexibility index (Phi) is 8.40. The van der Waals surface area contributed by atoms with Gasteiger partial charge in [0, 0.05) is 10.8 Å². The Balaban J connectivity index is 1.97. The fraction of sp³-hybridized carbons (Fsp3) is 0.462. The minimum atomic E-state index is -0.307. The standard InChI is InChI=1S/C26H34O5/c1-7-30-23(27)19-9-13-21(14-10-19)25(3,4)17-29-18-26(5,6)22-15-11-20(12-16-22)24(28)31-8-2/h9-16H,7-8,17-18H2,1-6H3. The van der Waals surface area contributed by atoms with Gasteiger partial charge in [-0.15, -0.1) is 0 Å². The van der Waals surface area contributed by atoms with E-state index in [0.717, 1.165) is 11.1 Å². The van der Waals surface area contributed by atoms with Crippen molar-refractivity contribution >= 4 is 11.9 Å². The molecule has 0 amide bonds. The van der Waals surface area contributed by atoms with Crippen LogP contribution < -0.4 is 0 Å². The molecule has 2 rings (SSSR count). The summed E-state index contributed by atoms with van der Waals surface area (Å²) in [5, 5.41) is 0. The molecule has 0 saturated carbocycles. The van der Waals surface area contributed by atoms with Gasteiger partial charge in [0.25, 0.3) is 0 Å². The number of benzene rings is 2. The molecule has 0 N–H and O–H groups in total. The number of hydrogen-bond acceptors (Lipinski definition) is 5. The van der Waals surface area contributed by atoms with Crippen LogP contribution in [0.4, 0.5) is 0 Å². The Morgan fingerprint density at radius 3 is 1.26 bits per heavy atom. The Morgan fingerprint density at radius 2 is 0.968 bits per heavy atom. The summed E-state index contributed by atoms with van der Waals surface area (Å²) < 4.78 is 16.2. The predicted octanol–water partition coefficient (Wildman–Crippen LogP) is 5.31. The van der Waals surface area contributed by atoms with Crippen molar-refractivity contribution in [3.63, 3.8) is 0 Å². The molecule has 5 heteroatoms. The zero-order chi connectivity index (χ0) is 23.1. The van der Waals surface area contributed by atoms with Gasteiger partial charge >= 0.3 is 11.9 Å². The van der Waals surface area contributed by atoms with Gasteiger partial charge < -0.3 is 14.2 Å². The molecule has 2 aromatic carbocycles. The number of rotatable bonds is 10. The number of hydrogen-bond donors (Lipinski definition) is 0. The third kappa shape index (κ3) is 6.66. The maximum atomic E-state index is 11.8. The summed E-state index contributed by atoms with van der Waals surface area (Å²) >= 11 is 0. The van der Waals surface area contributed by atoms with Crippen LogP contribution in [-0.4, -0.2) is 38.4 Å². The van der Waals surface area contributed by atoms with Crippen molar-refractivity contribution in [1.29, 1.82) is 0 Å². The number of esters is 2. The van der Waals surface area contributed by atoms with Gasteiger partial charge in [0.15, 0.2) is 0 Å². The second kappa shape index (κ2) is 10.6. The van der Waals surface area contributed by atoms with Crippen molar-refractivity contribution in [2.45, 2.75) is 52.4 Å². The first-order valence-electron chi connectivity index (χ1n) is 10.7. The van der Waals surface area contributed by atoms with Crippen molar-refractivity contribution in [2.75, 3.05) is 26.4 Å². The second-order valence-electron chi connectivity index (χ2n) is 8.86. The first-order chi connectivity index (χ1) is 14.6. The number of carbonyl (C=O) groups is 2. The van der Waals surface area contributed by atoms with E-state index in [0.29, 0.717) is 37.6 Å². The van der Waals surface area contributed by atoms with E-state index in [-0.39, 0.29) is 22.8 Å². The Hall–Kier alpha value is -2.66. The molecule has 2 aromatic rings. The smallest absolute Gasteiger partial charge is 0.338 e. The monoisotopic (exact) mass is 426 g/mol. The molecule has 0 aliphatic carbocycles. The summed E-state index contributed by atoms with van der Waals surface area (Å²) in [4.78, 5) is 23.7. The highest BCUT2D eigenvalue weighted by Gasteiger charge is 2.26. The highest BCUT2D eigenvalue weighted by molar-refractivity contribution is 5.89. The lowest BCUT2D eigenvalue weighted by Gasteiger charge is -2.30. The van der Waals surface area contributed by atoms with Gasteiger partial charge in [0.2, 0.25) is 0 Å². The van der Waals surface area contributed by atoms with E-state index in [9.17, 15) is 9.59 Å². The van der Waals surface area contributed by atoms with Crippen LogP contribution in [0.2, 0.25) is 0 Å². The minimum absolute atomic E-state index is 0.211. The summed E-state index contributed by atoms with van der Waals surface area (Å²) in [5.74, 6) is -0.613. The summed E-state index contributed by atoms with van der Waals surface area (Å²) in [6.45, 7) is 13.9. The molecular weight excluding hydrogens is 392 g/mol. The van der Waals surface area contributed by atoms with Crippen LogP contribution >= 0.6 is 0 Å². The van der Waals surface area contributed by atoms with Gasteiger partial charge in [-0.3, -0.25) is 0 Å². The molecular formula is C26H34O5. The highest BCUT2D eigenvalue weighted by atomic mass is 16.5. The van der Waals surface area contributed by atoms with E-state index in [2.05, 4.69) is 27.7 Å². The highest BCUT2D eigenvalue weighted by Crippen LogP contribution is 2.28. The SMILES string of the molecule is CCOC(=O)c1ccc(C(C)(C)COCC(C)(C)c2ccc(C(=O)OCC)cc2)cc1. The molecule has 168 valence electrons. The summed E-state index contributed by atoms with van der Waals surface area (Å²) in [6.07, 6.45) is 0. The lowest BCUT2D eigenvalue weighted by molar-refractivity contribution is 0.0516. The van der Waals surface area contributed by atoms with Crippen molar-refractivity contribution in [3.05, 3.63) is 70.8 Å². The van der Waals surface area contributed by atoms with Crippen LogP contribution in [0.3, 0.4) is 0 Å². The van der Waals surface area contributed by atoms with E-state index >= 15 is 0 Å². The van der Waals surface area contributed by atoms with Gasteiger partial charge in [-0.2, -0.15) is 0 Å². The molecule has 0 aliphatic rings. The molecule has 0 unspecified atom stereocenters. The molecule has 31 heavy (non-hydrogen) atoms. The Morgan fingerprint density at radius 1 is 0.645 bits per heavy atom. The fourth-order valence-electron chi connectivity index (χ4n) is 3.27. The first kappa shape index (κ1) is 24.6. The van der Waals surface area contributed by atoms with Crippen LogP contribution in [0.15, 0.2) is 48.5 Å². The molecule has 0 bridgehead atoms. The number of ether oxygens (including phenoxy) is 3. The van der Waals surface area contributed by atoms with E-state index in [1.807, 2.05) is 24.3 Å². The van der Waals surface area contributed by atoms with Gasteiger partial charge in [-0.25, -0.2) is 9.59 Å². The van der Waals surface area contributed by atoms with Crippen molar-refractivity contribution < 1.29 is 23.8 Å². The Bertz CT molecular complexity index is 790. The molecule has 0 aromatic heterocycles. The molecule has 5 nitrogen and oxygen atoms in total. The summed E-state index contributed by atoms with van der Waals surface area (Å²) in [5.41, 5.74) is 2.87. The van der Waals surface area contributed by atoms with E-state index in [4.69, 9.17) is 14.2 Å². The van der Waals surface area contributed by atoms with E-state index in [1.54, 1.807) is 38.1 Å². The van der Waals surface area contributed by atoms with Crippen LogP contribution in [-0.2, 0) is 25.0 Å². The summed E-state index contributed by atoms with van der Waals surface area (Å²) in [6, 6.07) is 15.0. The van der Waals surface area contributed by atoms with Crippen molar-refractivity contribution in [2.24, 2.45) is 0 Å². The average molecular weight is 427 g/mol. The molecule has 0 heterocycles. The minimum Gasteiger partial charge on any atom is -0.462 e. The lowest BCUT2D eigenvalue weighted by Crippen LogP contribution is -2.30. The molecule has 0 atom stereocenters. The zero-order valence-electron chi connectivity index (χ0n) is 19.5. The van der Waals surface area contributed by atoms with Gasteiger partial charge in [-0.05, 0) is 49.2 Å².